The standard InChI is InChI=1S/C8H7N.C7H13N.C7H7N/c1-2-6-9-7-3-5-8(9)4-1;2*1-3-7-4-2-6-8(7)5-1/h1-7H;7H,1-6H2;1-5H,6H2. The molecule has 0 radical (unpaired) electrons. The number of fused-ring (bicyclic) bond motifs is 3. The van der Waals surface area contributed by atoms with Crippen molar-refractivity contribution in [1.82, 2.24) is 13.9 Å². The minimum Gasteiger partial charge on any atom is -0.344 e. The van der Waals surface area contributed by atoms with E-state index in [9.17, 15) is 0 Å². The maximum Gasteiger partial charge on any atom is 0.0449 e. The zero-order valence-electron chi connectivity index (χ0n) is 14.8. The van der Waals surface area contributed by atoms with E-state index in [2.05, 4.69) is 56.5 Å². The van der Waals surface area contributed by atoms with E-state index in [0.717, 1.165) is 12.6 Å². The molecule has 0 aliphatic carbocycles. The monoisotopic (exact) mass is 333 g/mol. The van der Waals surface area contributed by atoms with Crippen LogP contribution in [-0.2, 0) is 6.54 Å². The van der Waals surface area contributed by atoms with Gasteiger partial charge in [0.15, 0.2) is 0 Å². The van der Waals surface area contributed by atoms with Gasteiger partial charge in [-0.25, -0.2) is 0 Å². The third-order valence-corrected chi connectivity index (χ3v) is 5.37. The molecular formula is C22H27N3. The van der Waals surface area contributed by atoms with Gasteiger partial charge in [0.2, 0.25) is 0 Å². The van der Waals surface area contributed by atoms with Gasteiger partial charge < -0.3 is 13.9 Å². The SMILES string of the molecule is C1=Cc2cccn2C1.C1CC2CCCN2C1.c1ccn2cccc2c1. The highest BCUT2D eigenvalue weighted by molar-refractivity contribution is 5.49. The van der Waals surface area contributed by atoms with Crippen molar-refractivity contribution in [3.8, 4) is 0 Å². The van der Waals surface area contributed by atoms with Crippen molar-refractivity contribution in [1.29, 1.82) is 0 Å². The van der Waals surface area contributed by atoms with E-state index in [0.29, 0.717) is 0 Å². The Morgan fingerprint density at radius 1 is 0.800 bits per heavy atom. The third-order valence-electron chi connectivity index (χ3n) is 5.37. The van der Waals surface area contributed by atoms with Crippen molar-refractivity contribution in [3.63, 3.8) is 0 Å². The maximum atomic E-state index is 2.64. The summed E-state index contributed by atoms with van der Waals surface area (Å²) in [7, 11) is 0. The van der Waals surface area contributed by atoms with Crippen LogP contribution in [0.15, 0.2) is 67.1 Å². The number of hydrogen-bond acceptors (Lipinski definition) is 1. The Kier molecular flexibility index (Phi) is 5.03. The van der Waals surface area contributed by atoms with Crippen LogP contribution in [0.2, 0.25) is 0 Å². The molecule has 0 spiro atoms. The molecular weight excluding hydrogens is 306 g/mol. The van der Waals surface area contributed by atoms with Crippen LogP contribution < -0.4 is 0 Å². The average Bonchev–Trinajstić information content (AvgIpc) is 3.41. The summed E-state index contributed by atoms with van der Waals surface area (Å²) in [6.45, 7) is 3.84. The van der Waals surface area contributed by atoms with Gasteiger partial charge in [-0.05, 0) is 81.2 Å². The van der Waals surface area contributed by atoms with Crippen LogP contribution in [0.3, 0.4) is 0 Å². The molecule has 3 aliphatic rings. The Balaban J connectivity index is 0.0000000943. The van der Waals surface area contributed by atoms with Gasteiger partial charge in [0.1, 0.15) is 0 Å². The van der Waals surface area contributed by atoms with Crippen molar-refractivity contribution >= 4 is 11.6 Å². The molecule has 3 heteroatoms. The predicted octanol–water partition coefficient (Wildman–Crippen LogP) is 4.70. The van der Waals surface area contributed by atoms with Gasteiger partial charge in [-0.1, -0.05) is 12.1 Å². The first-order valence-electron chi connectivity index (χ1n) is 9.47. The molecule has 0 bridgehead atoms. The van der Waals surface area contributed by atoms with E-state index in [4.69, 9.17) is 0 Å². The topological polar surface area (TPSA) is 12.6 Å². The Hall–Kier alpha value is -2.26. The molecule has 3 nitrogen and oxygen atoms in total. The van der Waals surface area contributed by atoms with Crippen molar-refractivity contribution in [2.45, 2.75) is 38.3 Å². The van der Waals surface area contributed by atoms with Gasteiger partial charge >= 0.3 is 0 Å². The molecule has 2 fully saturated rings. The lowest BCUT2D eigenvalue weighted by Crippen LogP contribution is -2.21. The minimum atomic E-state index is 1.01. The first-order valence-corrected chi connectivity index (χ1v) is 9.47. The average molecular weight is 333 g/mol. The van der Waals surface area contributed by atoms with Crippen LogP contribution in [0, 0.1) is 0 Å². The van der Waals surface area contributed by atoms with Gasteiger partial charge in [0.25, 0.3) is 0 Å². The molecule has 0 N–H and O–H groups in total. The molecule has 3 aliphatic heterocycles. The summed E-state index contributed by atoms with van der Waals surface area (Å²) < 4.78 is 4.29. The summed E-state index contributed by atoms with van der Waals surface area (Å²) in [6, 6.07) is 15.5. The van der Waals surface area contributed by atoms with Crippen molar-refractivity contribution in [3.05, 3.63) is 72.8 Å². The summed E-state index contributed by atoms with van der Waals surface area (Å²) in [6.07, 6.45) is 16.4. The zero-order valence-corrected chi connectivity index (χ0v) is 14.8. The molecule has 130 valence electrons. The minimum absolute atomic E-state index is 1.01. The fraction of sp³-hybridized carbons (Fsp3) is 0.364. The van der Waals surface area contributed by atoms with Crippen LogP contribution in [0.25, 0.3) is 11.6 Å². The van der Waals surface area contributed by atoms with Crippen LogP contribution in [0.1, 0.15) is 31.4 Å². The van der Waals surface area contributed by atoms with Gasteiger partial charge in [-0.3, -0.25) is 0 Å². The van der Waals surface area contributed by atoms with Crippen molar-refractivity contribution in [2.75, 3.05) is 13.1 Å². The summed E-state index contributed by atoms with van der Waals surface area (Å²) in [4.78, 5) is 2.64. The second-order valence-corrected chi connectivity index (χ2v) is 7.00. The first kappa shape index (κ1) is 16.2. The van der Waals surface area contributed by atoms with Crippen LogP contribution in [-0.4, -0.2) is 33.0 Å². The molecule has 3 aromatic heterocycles. The highest BCUT2D eigenvalue weighted by Crippen LogP contribution is 2.26. The highest BCUT2D eigenvalue weighted by atomic mass is 15.2. The number of rotatable bonds is 0. The normalized spacial score (nSPS) is 18.4. The second kappa shape index (κ2) is 7.75. The lowest BCUT2D eigenvalue weighted by Gasteiger charge is -2.11. The largest absolute Gasteiger partial charge is 0.344 e. The number of nitrogens with zero attached hydrogens (tertiary/aromatic N) is 3. The molecule has 25 heavy (non-hydrogen) atoms. The number of pyridine rings is 1. The van der Waals surface area contributed by atoms with Gasteiger partial charge in [-0.15, -0.1) is 0 Å². The van der Waals surface area contributed by atoms with E-state index in [1.165, 1.54) is 50.0 Å². The summed E-state index contributed by atoms with van der Waals surface area (Å²) in [5.41, 5.74) is 2.57. The molecule has 0 saturated carbocycles. The second-order valence-electron chi connectivity index (χ2n) is 7.00. The molecule has 0 aromatic carbocycles. The fourth-order valence-electron chi connectivity index (χ4n) is 4.06. The number of hydrogen-bond donors (Lipinski definition) is 0. The van der Waals surface area contributed by atoms with Gasteiger partial charge in [0.05, 0.1) is 0 Å². The Morgan fingerprint density at radius 3 is 2.32 bits per heavy atom. The zero-order chi connectivity index (χ0) is 16.9. The van der Waals surface area contributed by atoms with Crippen LogP contribution in [0.5, 0.6) is 0 Å². The van der Waals surface area contributed by atoms with Crippen LogP contribution >= 0.6 is 0 Å². The van der Waals surface area contributed by atoms with E-state index in [-0.39, 0.29) is 0 Å². The van der Waals surface area contributed by atoms with Crippen molar-refractivity contribution < 1.29 is 0 Å². The Labute approximate surface area is 150 Å². The Morgan fingerprint density at radius 2 is 1.56 bits per heavy atom. The molecule has 0 amide bonds. The molecule has 3 aromatic rings. The van der Waals surface area contributed by atoms with E-state index in [1.54, 1.807) is 0 Å². The maximum absolute atomic E-state index is 2.64. The summed E-state index contributed by atoms with van der Waals surface area (Å²) >= 11 is 0. The molecule has 2 saturated heterocycles. The summed E-state index contributed by atoms with van der Waals surface area (Å²) in [5.74, 6) is 0. The van der Waals surface area contributed by atoms with Crippen molar-refractivity contribution in [2.24, 2.45) is 0 Å². The van der Waals surface area contributed by atoms with Gasteiger partial charge in [0, 0.05) is 42.4 Å². The lowest BCUT2D eigenvalue weighted by molar-refractivity contribution is 0.325. The fourth-order valence-corrected chi connectivity index (χ4v) is 4.06. The quantitative estimate of drug-likeness (QED) is 0.581. The predicted molar refractivity (Wildman–Crippen MR) is 105 cm³/mol. The summed E-state index contributed by atoms with van der Waals surface area (Å²) in [5, 5.41) is 0. The molecule has 6 rings (SSSR count). The Bertz CT molecular complexity index is 776. The molecule has 6 heterocycles. The first-order chi connectivity index (χ1) is 12.4. The third kappa shape index (κ3) is 3.88. The smallest absolute Gasteiger partial charge is 0.0449 e. The molecule has 0 unspecified atom stereocenters. The molecule has 0 atom stereocenters. The van der Waals surface area contributed by atoms with E-state index < -0.39 is 0 Å². The van der Waals surface area contributed by atoms with E-state index in [1.807, 2.05) is 30.6 Å². The number of allylic oxidation sites excluding steroid dienone is 1. The number of aromatic nitrogens is 2. The van der Waals surface area contributed by atoms with Gasteiger partial charge in [-0.2, -0.15) is 0 Å². The lowest BCUT2D eigenvalue weighted by atomic mass is 10.2. The van der Waals surface area contributed by atoms with Crippen LogP contribution in [0.4, 0.5) is 0 Å². The van der Waals surface area contributed by atoms with E-state index >= 15 is 0 Å². The highest BCUT2D eigenvalue weighted by Gasteiger charge is 2.27.